The third-order valence-corrected chi connectivity index (χ3v) is 4.96. The third-order valence-electron chi connectivity index (χ3n) is 4.23. The van der Waals surface area contributed by atoms with E-state index in [4.69, 9.17) is 4.74 Å². The van der Waals surface area contributed by atoms with Crippen molar-refractivity contribution in [1.82, 2.24) is 4.90 Å². The summed E-state index contributed by atoms with van der Waals surface area (Å²) in [7, 11) is 1.71. The van der Waals surface area contributed by atoms with Crippen LogP contribution in [-0.2, 0) is 22.5 Å². The van der Waals surface area contributed by atoms with Crippen LogP contribution in [0.2, 0.25) is 0 Å². The molecule has 0 fully saturated rings. The van der Waals surface area contributed by atoms with Crippen LogP contribution in [0.4, 0.5) is 0 Å². The van der Waals surface area contributed by atoms with Gasteiger partial charge in [-0.15, -0.1) is 0 Å². The van der Waals surface area contributed by atoms with Crippen LogP contribution in [0.3, 0.4) is 0 Å². The Bertz CT molecular complexity index is 891. The highest BCUT2D eigenvalue weighted by atomic mass is 32.1. The third kappa shape index (κ3) is 5.28. The predicted octanol–water partition coefficient (Wildman–Crippen LogP) is 4.15. The lowest BCUT2D eigenvalue weighted by molar-refractivity contribution is -0.133. The fourth-order valence-electron chi connectivity index (χ4n) is 2.75. The van der Waals surface area contributed by atoms with Crippen LogP contribution >= 0.6 is 11.3 Å². The number of nitrogens with zero attached hydrogens (tertiary/aromatic N) is 1. The molecule has 0 aliphatic heterocycles. The smallest absolute Gasteiger partial charge is 0.338 e. The molecule has 3 aromatic rings. The average Bonchev–Trinajstić information content (AvgIpc) is 3.20. The van der Waals surface area contributed by atoms with Crippen molar-refractivity contribution in [3.63, 3.8) is 0 Å². The van der Waals surface area contributed by atoms with Gasteiger partial charge in [0, 0.05) is 13.6 Å². The van der Waals surface area contributed by atoms with Gasteiger partial charge < -0.3 is 9.64 Å². The second-order valence-corrected chi connectivity index (χ2v) is 7.06. The number of likely N-dealkylation sites (N-methyl/N-ethyl adjacent to an activating group) is 1. The number of carbonyl (C=O) groups is 2. The van der Waals surface area contributed by atoms with Gasteiger partial charge in [0.05, 0.1) is 5.56 Å². The molecule has 0 bridgehead atoms. The van der Waals surface area contributed by atoms with E-state index in [9.17, 15) is 9.59 Å². The molecule has 3 rings (SSSR count). The molecule has 0 radical (unpaired) electrons. The van der Waals surface area contributed by atoms with Crippen molar-refractivity contribution < 1.29 is 14.3 Å². The van der Waals surface area contributed by atoms with Gasteiger partial charge in [0.15, 0.2) is 6.61 Å². The van der Waals surface area contributed by atoms with Gasteiger partial charge in [0.1, 0.15) is 0 Å². The fourth-order valence-corrected chi connectivity index (χ4v) is 3.41. The lowest BCUT2D eigenvalue weighted by Crippen LogP contribution is -2.30. The number of hydrogen-bond donors (Lipinski definition) is 0. The molecule has 4 nitrogen and oxygen atoms in total. The highest BCUT2D eigenvalue weighted by molar-refractivity contribution is 7.07. The van der Waals surface area contributed by atoms with E-state index in [1.165, 1.54) is 0 Å². The normalized spacial score (nSPS) is 10.4. The molecule has 138 valence electrons. The maximum absolute atomic E-state index is 12.5. The van der Waals surface area contributed by atoms with Crippen molar-refractivity contribution in [3.8, 4) is 0 Å². The van der Waals surface area contributed by atoms with E-state index in [1.807, 2.05) is 59.3 Å². The van der Waals surface area contributed by atoms with Crippen molar-refractivity contribution >= 4 is 23.2 Å². The summed E-state index contributed by atoms with van der Waals surface area (Å²) in [5.74, 6) is -0.700. The van der Waals surface area contributed by atoms with Crippen molar-refractivity contribution in [3.05, 3.63) is 93.7 Å². The van der Waals surface area contributed by atoms with Crippen LogP contribution in [-0.4, -0.2) is 30.4 Å². The van der Waals surface area contributed by atoms with Crippen molar-refractivity contribution in [2.24, 2.45) is 0 Å². The van der Waals surface area contributed by atoms with Crippen LogP contribution in [0.15, 0.2) is 71.4 Å². The van der Waals surface area contributed by atoms with E-state index >= 15 is 0 Å². The van der Waals surface area contributed by atoms with Crippen molar-refractivity contribution in [2.75, 3.05) is 13.7 Å². The summed E-state index contributed by atoms with van der Waals surface area (Å²) in [5.41, 5.74) is 3.56. The summed E-state index contributed by atoms with van der Waals surface area (Å²) in [6.07, 6.45) is 0.637. The van der Waals surface area contributed by atoms with E-state index < -0.39 is 5.97 Å². The minimum atomic E-state index is -0.473. The summed E-state index contributed by atoms with van der Waals surface area (Å²) in [6.45, 7) is 0.240. The zero-order chi connectivity index (χ0) is 19.1. The topological polar surface area (TPSA) is 46.6 Å². The number of carbonyl (C=O) groups excluding carboxylic acids is 2. The van der Waals surface area contributed by atoms with E-state index in [-0.39, 0.29) is 12.5 Å². The Kier molecular flexibility index (Phi) is 6.39. The predicted molar refractivity (Wildman–Crippen MR) is 107 cm³/mol. The van der Waals surface area contributed by atoms with Crippen molar-refractivity contribution in [1.29, 1.82) is 0 Å². The molecule has 0 N–H and O–H groups in total. The SMILES string of the molecule is CN(Cc1ccsc1)C(=O)COC(=O)c1ccccc1Cc1ccccc1. The molecular weight excluding hydrogens is 358 g/mol. The number of rotatable bonds is 7. The molecule has 0 unspecified atom stereocenters. The number of amides is 1. The van der Waals surface area contributed by atoms with Crippen LogP contribution in [0.5, 0.6) is 0 Å². The molecular formula is C22H21NO3S. The van der Waals surface area contributed by atoms with Crippen molar-refractivity contribution in [2.45, 2.75) is 13.0 Å². The quantitative estimate of drug-likeness (QED) is 0.579. The molecule has 0 saturated carbocycles. The van der Waals surface area contributed by atoms with E-state index in [2.05, 4.69) is 0 Å². The van der Waals surface area contributed by atoms with E-state index in [1.54, 1.807) is 35.4 Å². The summed E-state index contributed by atoms with van der Waals surface area (Å²) >= 11 is 1.59. The average molecular weight is 379 g/mol. The van der Waals surface area contributed by atoms with Gasteiger partial charge in [-0.25, -0.2) is 4.79 Å². The largest absolute Gasteiger partial charge is 0.452 e. The first-order chi connectivity index (χ1) is 13.1. The molecule has 2 aromatic carbocycles. The first kappa shape index (κ1) is 18.9. The zero-order valence-corrected chi connectivity index (χ0v) is 15.9. The summed E-state index contributed by atoms with van der Waals surface area (Å²) in [4.78, 5) is 26.3. The summed E-state index contributed by atoms with van der Waals surface area (Å²) in [5, 5.41) is 3.97. The standard InChI is InChI=1S/C22H21NO3S/c1-23(14-18-11-12-27-16-18)21(24)15-26-22(25)20-10-6-5-9-19(20)13-17-7-3-2-4-8-17/h2-12,16H,13-15H2,1H3. The Labute approximate surface area is 163 Å². The molecule has 1 amide bonds. The molecule has 0 aliphatic carbocycles. The molecule has 27 heavy (non-hydrogen) atoms. The Balaban J connectivity index is 1.60. The maximum Gasteiger partial charge on any atom is 0.338 e. The molecule has 0 atom stereocenters. The Morgan fingerprint density at radius 1 is 0.963 bits per heavy atom. The van der Waals surface area contributed by atoms with E-state index in [0.29, 0.717) is 18.5 Å². The molecule has 0 aliphatic rings. The number of ether oxygens (including phenoxy) is 1. The Morgan fingerprint density at radius 3 is 2.44 bits per heavy atom. The minimum Gasteiger partial charge on any atom is -0.452 e. The lowest BCUT2D eigenvalue weighted by Gasteiger charge is -2.16. The van der Waals surface area contributed by atoms with Gasteiger partial charge in [-0.1, -0.05) is 48.5 Å². The minimum absolute atomic E-state index is 0.227. The molecule has 1 aromatic heterocycles. The fraction of sp³-hybridized carbons (Fsp3) is 0.182. The first-order valence-electron chi connectivity index (χ1n) is 8.67. The summed E-state index contributed by atoms with van der Waals surface area (Å²) in [6, 6.07) is 19.3. The Hall–Kier alpha value is -2.92. The van der Waals surface area contributed by atoms with Gasteiger partial charge in [-0.3, -0.25) is 4.79 Å². The van der Waals surface area contributed by atoms with Gasteiger partial charge in [0.2, 0.25) is 0 Å². The number of esters is 1. The number of hydrogen-bond acceptors (Lipinski definition) is 4. The second kappa shape index (κ2) is 9.14. The zero-order valence-electron chi connectivity index (χ0n) is 15.1. The van der Waals surface area contributed by atoms with E-state index in [0.717, 1.165) is 16.7 Å². The molecule has 0 saturated heterocycles. The van der Waals surface area contributed by atoms with Gasteiger partial charge in [-0.2, -0.15) is 11.3 Å². The molecule has 1 heterocycles. The number of benzene rings is 2. The van der Waals surface area contributed by atoms with Gasteiger partial charge in [0.25, 0.3) is 5.91 Å². The number of thiophene rings is 1. The van der Waals surface area contributed by atoms with Crippen LogP contribution in [0, 0.1) is 0 Å². The van der Waals surface area contributed by atoms with Crippen LogP contribution < -0.4 is 0 Å². The maximum atomic E-state index is 12.5. The monoisotopic (exact) mass is 379 g/mol. The molecule has 5 heteroatoms. The van der Waals surface area contributed by atoms with Crippen LogP contribution in [0.25, 0.3) is 0 Å². The lowest BCUT2D eigenvalue weighted by atomic mass is 10.00. The summed E-state index contributed by atoms with van der Waals surface area (Å²) < 4.78 is 5.28. The van der Waals surface area contributed by atoms with Gasteiger partial charge >= 0.3 is 5.97 Å². The molecule has 0 spiro atoms. The second-order valence-electron chi connectivity index (χ2n) is 6.28. The van der Waals surface area contributed by atoms with Crippen LogP contribution in [0.1, 0.15) is 27.0 Å². The Morgan fingerprint density at radius 2 is 1.70 bits per heavy atom. The highest BCUT2D eigenvalue weighted by Gasteiger charge is 2.16. The van der Waals surface area contributed by atoms with Gasteiger partial charge in [-0.05, 0) is 46.0 Å². The first-order valence-corrected chi connectivity index (χ1v) is 9.62. The highest BCUT2D eigenvalue weighted by Crippen LogP contribution is 2.16.